The summed E-state index contributed by atoms with van der Waals surface area (Å²) in [5.41, 5.74) is -0.626. The molecule has 5 heteroatoms. The van der Waals surface area contributed by atoms with Crippen molar-refractivity contribution in [2.24, 2.45) is 0 Å². The van der Waals surface area contributed by atoms with Gasteiger partial charge in [-0.2, -0.15) is 0 Å². The van der Waals surface area contributed by atoms with E-state index in [4.69, 9.17) is 11.2 Å². The smallest absolute Gasteiger partial charge is 0.412 e. The molecular weight excluding hydrogens is 234 g/mol. The maximum atomic E-state index is 12.1. The molecule has 1 amide bonds. The van der Waals surface area contributed by atoms with Gasteiger partial charge in [-0.25, -0.2) is 9.59 Å². The number of carbonyl (C=O) groups excluding carboxylic acids is 2. The molecule has 0 aromatic carbocycles. The summed E-state index contributed by atoms with van der Waals surface area (Å²) in [4.78, 5) is 25.0. The third-order valence-corrected chi connectivity index (χ3v) is 2.66. The molecule has 18 heavy (non-hydrogen) atoms. The van der Waals surface area contributed by atoms with Crippen molar-refractivity contribution in [2.45, 2.75) is 51.3 Å². The second kappa shape index (κ2) is 5.30. The van der Waals surface area contributed by atoms with Gasteiger partial charge in [-0.05, 0) is 33.6 Å². The fourth-order valence-corrected chi connectivity index (χ4v) is 1.91. The Morgan fingerprint density at radius 3 is 2.39 bits per heavy atom. The molecule has 1 aliphatic rings. The maximum absolute atomic E-state index is 12.1. The standard InChI is InChI=1S/C13H19NO4/c1-6-9-7-8-10(11(15)17-5)14(9)12(16)18-13(2,3)4/h1,9-10H,7-8H2,2-5H3. The maximum Gasteiger partial charge on any atom is 0.412 e. The number of hydrogen-bond acceptors (Lipinski definition) is 4. The Morgan fingerprint density at radius 2 is 1.94 bits per heavy atom. The van der Waals surface area contributed by atoms with E-state index in [-0.39, 0.29) is 0 Å². The number of nitrogens with zero attached hydrogens (tertiary/aromatic N) is 1. The van der Waals surface area contributed by atoms with E-state index in [1.807, 2.05) is 0 Å². The van der Waals surface area contributed by atoms with Gasteiger partial charge in [0.15, 0.2) is 0 Å². The van der Waals surface area contributed by atoms with Gasteiger partial charge in [-0.15, -0.1) is 6.42 Å². The first-order valence-corrected chi connectivity index (χ1v) is 5.85. The topological polar surface area (TPSA) is 55.8 Å². The van der Waals surface area contributed by atoms with Gasteiger partial charge >= 0.3 is 12.1 Å². The second-order valence-electron chi connectivity index (χ2n) is 5.19. The molecule has 0 spiro atoms. The molecule has 1 saturated heterocycles. The predicted molar refractivity (Wildman–Crippen MR) is 65.7 cm³/mol. The summed E-state index contributed by atoms with van der Waals surface area (Å²) in [6.07, 6.45) is 5.89. The van der Waals surface area contributed by atoms with Crippen molar-refractivity contribution in [1.29, 1.82) is 0 Å². The van der Waals surface area contributed by atoms with E-state index in [0.717, 1.165) is 0 Å². The highest BCUT2D eigenvalue weighted by atomic mass is 16.6. The molecule has 0 bridgehead atoms. The van der Waals surface area contributed by atoms with Crippen molar-refractivity contribution in [3.63, 3.8) is 0 Å². The lowest BCUT2D eigenvalue weighted by atomic mass is 10.2. The van der Waals surface area contributed by atoms with Crippen molar-refractivity contribution >= 4 is 12.1 Å². The van der Waals surface area contributed by atoms with Crippen LogP contribution in [0, 0.1) is 12.3 Å². The van der Waals surface area contributed by atoms with Crippen molar-refractivity contribution in [2.75, 3.05) is 7.11 Å². The monoisotopic (exact) mass is 253 g/mol. The molecule has 1 rings (SSSR count). The van der Waals surface area contributed by atoms with E-state index >= 15 is 0 Å². The van der Waals surface area contributed by atoms with E-state index in [9.17, 15) is 9.59 Å². The number of methoxy groups -OCH3 is 1. The normalized spacial score (nSPS) is 23.4. The molecule has 5 nitrogen and oxygen atoms in total. The van der Waals surface area contributed by atoms with Crippen LogP contribution in [-0.4, -0.2) is 41.8 Å². The average Bonchev–Trinajstić information content (AvgIpc) is 2.69. The summed E-state index contributed by atoms with van der Waals surface area (Å²) in [5, 5.41) is 0. The third kappa shape index (κ3) is 3.16. The molecule has 0 aliphatic carbocycles. The minimum absolute atomic E-state index is 0.413. The molecule has 0 radical (unpaired) electrons. The quantitative estimate of drug-likeness (QED) is 0.525. The Morgan fingerprint density at radius 1 is 1.33 bits per heavy atom. The highest BCUT2D eigenvalue weighted by Gasteiger charge is 2.42. The second-order valence-corrected chi connectivity index (χ2v) is 5.19. The zero-order valence-electron chi connectivity index (χ0n) is 11.2. The molecule has 1 heterocycles. The van der Waals surface area contributed by atoms with Gasteiger partial charge in [-0.1, -0.05) is 5.92 Å². The van der Waals surface area contributed by atoms with Gasteiger partial charge in [0.1, 0.15) is 11.6 Å². The van der Waals surface area contributed by atoms with Gasteiger partial charge in [0, 0.05) is 0 Å². The van der Waals surface area contributed by atoms with Gasteiger partial charge in [-0.3, -0.25) is 4.90 Å². The first-order chi connectivity index (χ1) is 8.30. The van der Waals surface area contributed by atoms with Crippen molar-refractivity contribution in [3.8, 4) is 12.3 Å². The molecule has 2 unspecified atom stereocenters. The zero-order valence-corrected chi connectivity index (χ0v) is 11.2. The van der Waals surface area contributed by atoms with Crippen LogP contribution in [0.2, 0.25) is 0 Å². The zero-order chi connectivity index (χ0) is 13.9. The molecule has 1 fully saturated rings. The number of ether oxygens (including phenoxy) is 2. The third-order valence-electron chi connectivity index (χ3n) is 2.66. The SMILES string of the molecule is C#CC1CCC(C(=O)OC)N1C(=O)OC(C)(C)C. The Labute approximate surface area is 107 Å². The number of terminal acetylenes is 1. The highest BCUT2D eigenvalue weighted by molar-refractivity contribution is 5.82. The molecule has 0 aromatic heterocycles. The fourth-order valence-electron chi connectivity index (χ4n) is 1.91. The van der Waals surface area contributed by atoms with Crippen molar-refractivity contribution in [1.82, 2.24) is 4.90 Å². The Hall–Kier alpha value is -1.70. The lowest BCUT2D eigenvalue weighted by Gasteiger charge is -2.29. The number of carbonyl (C=O) groups is 2. The van der Waals surface area contributed by atoms with Crippen LogP contribution in [0.3, 0.4) is 0 Å². The number of esters is 1. The summed E-state index contributed by atoms with van der Waals surface area (Å²) >= 11 is 0. The highest BCUT2D eigenvalue weighted by Crippen LogP contribution is 2.26. The minimum atomic E-state index is -0.647. The molecule has 0 aromatic rings. The van der Waals surface area contributed by atoms with Crippen molar-refractivity contribution < 1.29 is 19.1 Å². The summed E-state index contributed by atoms with van der Waals surface area (Å²) in [6.45, 7) is 5.29. The van der Waals surface area contributed by atoms with Crippen LogP contribution in [-0.2, 0) is 14.3 Å². The molecular formula is C13H19NO4. The Balaban J connectivity index is 2.88. The lowest BCUT2D eigenvalue weighted by molar-refractivity contribution is -0.145. The molecule has 2 atom stereocenters. The number of likely N-dealkylation sites (tertiary alicyclic amines) is 1. The number of rotatable bonds is 1. The van der Waals surface area contributed by atoms with Gasteiger partial charge < -0.3 is 9.47 Å². The number of amides is 1. The Bertz CT molecular complexity index is 377. The van der Waals surface area contributed by atoms with E-state index in [1.165, 1.54) is 12.0 Å². The van der Waals surface area contributed by atoms with E-state index in [1.54, 1.807) is 20.8 Å². The largest absolute Gasteiger partial charge is 0.467 e. The van der Waals surface area contributed by atoms with Crippen LogP contribution < -0.4 is 0 Å². The molecule has 1 aliphatic heterocycles. The molecule has 0 N–H and O–H groups in total. The van der Waals surface area contributed by atoms with Crippen LogP contribution in [0.4, 0.5) is 4.79 Å². The van der Waals surface area contributed by atoms with E-state index in [0.29, 0.717) is 12.8 Å². The van der Waals surface area contributed by atoms with Crippen LogP contribution >= 0.6 is 0 Å². The fraction of sp³-hybridized carbons (Fsp3) is 0.692. The van der Waals surface area contributed by atoms with Crippen LogP contribution in [0.25, 0.3) is 0 Å². The first kappa shape index (κ1) is 14.4. The van der Waals surface area contributed by atoms with Gasteiger partial charge in [0.05, 0.1) is 13.2 Å². The average molecular weight is 253 g/mol. The van der Waals surface area contributed by atoms with E-state index < -0.39 is 29.7 Å². The molecule has 100 valence electrons. The van der Waals surface area contributed by atoms with Gasteiger partial charge in [0.25, 0.3) is 0 Å². The summed E-state index contributed by atoms with van der Waals surface area (Å²) < 4.78 is 9.94. The summed E-state index contributed by atoms with van der Waals surface area (Å²) in [7, 11) is 1.29. The lowest BCUT2D eigenvalue weighted by Crippen LogP contribution is -2.47. The summed E-state index contributed by atoms with van der Waals surface area (Å²) in [5.74, 6) is 2.05. The number of hydrogen-bond donors (Lipinski definition) is 0. The molecule has 0 saturated carbocycles. The summed E-state index contributed by atoms with van der Waals surface area (Å²) in [6, 6.07) is -1.06. The predicted octanol–water partition coefficient (Wildman–Crippen LogP) is 1.56. The first-order valence-electron chi connectivity index (χ1n) is 5.85. The Kier molecular flexibility index (Phi) is 4.23. The van der Waals surface area contributed by atoms with Crippen LogP contribution in [0.1, 0.15) is 33.6 Å². The van der Waals surface area contributed by atoms with E-state index in [2.05, 4.69) is 10.7 Å². The minimum Gasteiger partial charge on any atom is -0.467 e. The van der Waals surface area contributed by atoms with Crippen LogP contribution in [0.5, 0.6) is 0 Å². The van der Waals surface area contributed by atoms with Gasteiger partial charge in [0.2, 0.25) is 0 Å². The van der Waals surface area contributed by atoms with Crippen LogP contribution in [0.15, 0.2) is 0 Å². The van der Waals surface area contributed by atoms with Crippen molar-refractivity contribution in [3.05, 3.63) is 0 Å².